The summed E-state index contributed by atoms with van der Waals surface area (Å²) in [5.41, 5.74) is -1.06. The van der Waals surface area contributed by atoms with Gasteiger partial charge in [-0.3, -0.25) is 4.79 Å². The summed E-state index contributed by atoms with van der Waals surface area (Å²) >= 11 is 0. The molecule has 1 atom stereocenters. The first-order valence-corrected chi connectivity index (χ1v) is 11.0. The number of rotatable bonds is 6. The van der Waals surface area contributed by atoms with Gasteiger partial charge >= 0.3 is 6.18 Å². The third kappa shape index (κ3) is 5.34. The molecule has 0 saturated heterocycles. The van der Waals surface area contributed by atoms with Gasteiger partial charge in [-0.2, -0.15) is 13.2 Å². The van der Waals surface area contributed by atoms with E-state index >= 15 is 0 Å². The molecule has 0 spiro atoms. The van der Waals surface area contributed by atoms with Crippen LogP contribution in [0.4, 0.5) is 19.0 Å². The van der Waals surface area contributed by atoms with Crippen molar-refractivity contribution < 1.29 is 26.4 Å². The number of carbonyl (C=O) groups is 1. The lowest BCUT2D eigenvalue weighted by atomic mass is 9.97. The van der Waals surface area contributed by atoms with Gasteiger partial charge in [-0.1, -0.05) is 25.7 Å². The molecule has 29 heavy (non-hydrogen) atoms. The van der Waals surface area contributed by atoms with E-state index in [4.69, 9.17) is 0 Å². The second kappa shape index (κ2) is 8.13. The molecule has 1 aliphatic rings. The number of aromatic nitrogens is 3. The Labute approximate surface area is 166 Å². The number of carbonyl (C=O) groups excluding carboxylic acids is 1. The summed E-state index contributed by atoms with van der Waals surface area (Å²) in [6.07, 6.45) is 3.71. The highest BCUT2D eigenvalue weighted by atomic mass is 32.2. The van der Waals surface area contributed by atoms with Crippen molar-refractivity contribution in [1.29, 1.82) is 0 Å². The molecule has 158 valence electrons. The third-order valence-corrected chi connectivity index (χ3v) is 6.10. The predicted molar refractivity (Wildman–Crippen MR) is 98.8 cm³/mol. The quantitative estimate of drug-likeness (QED) is 0.758. The lowest BCUT2D eigenvalue weighted by Crippen LogP contribution is -2.27. The summed E-state index contributed by atoms with van der Waals surface area (Å²) in [7, 11) is -3.43. The van der Waals surface area contributed by atoms with E-state index in [9.17, 15) is 26.4 Å². The summed E-state index contributed by atoms with van der Waals surface area (Å²) in [5, 5.41) is 2.57. The summed E-state index contributed by atoms with van der Waals surface area (Å²) in [5.74, 6) is -0.166. The molecule has 2 aromatic heterocycles. The number of amides is 1. The number of sulfone groups is 1. The van der Waals surface area contributed by atoms with E-state index in [-0.39, 0.29) is 16.6 Å². The molecule has 3 rings (SSSR count). The molecular weight excluding hydrogens is 409 g/mol. The largest absolute Gasteiger partial charge is 0.434 e. The first-order valence-electron chi connectivity index (χ1n) is 9.11. The van der Waals surface area contributed by atoms with E-state index in [1.807, 2.05) is 0 Å². The molecule has 0 aromatic carbocycles. The maximum Gasteiger partial charge on any atom is 0.434 e. The molecule has 1 unspecified atom stereocenters. The van der Waals surface area contributed by atoms with Crippen molar-refractivity contribution in [2.75, 3.05) is 11.6 Å². The minimum absolute atomic E-state index is 0.00225. The maximum absolute atomic E-state index is 12.9. The van der Waals surface area contributed by atoms with Crippen LogP contribution in [0.3, 0.4) is 0 Å². The van der Waals surface area contributed by atoms with Gasteiger partial charge in [0.2, 0.25) is 5.91 Å². The zero-order chi connectivity index (χ0) is 21.2. The lowest BCUT2D eigenvalue weighted by molar-refractivity contribution is -0.141. The minimum atomic E-state index is -4.59. The van der Waals surface area contributed by atoms with Gasteiger partial charge in [-0.15, -0.1) is 0 Å². The van der Waals surface area contributed by atoms with Crippen LogP contribution in [0.5, 0.6) is 0 Å². The average Bonchev–Trinajstić information content (AvgIpc) is 3.30. The number of halogens is 3. The first-order chi connectivity index (χ1) is 13.5. The molecule has 1 aliphatic carbocycles. The Morgan fingerprint density at radius 2 is 1.97 bits per heavy atom. The number of hydrogen-bond acceptors (Lipinski definition) is 5. The van der Waals surface area contributed by atoms with Crippen LogP contribution in [-0.4, -0.2) is 35.1 Å². The number of nitrogens with one attached hydrogen (secondary N) is 1. The summed E-state index contributed by atoms with van der Waals surface area (Å²) in [4.78, 5) is 20.2. The molecule has 7 nitrogen and oxygen atoms in total. The highest BCUT2D eigenvalue weighted by Gasteiger charge is 2.35. The molecule has 0 aliphatic heterocycles. The maximum atomic E-state index is 12.9. The standard InChI is InChI=1S/C18H21F3N4O3S/c1-29(27,28)13-6-7-16(22-9-13)24-17(26)14(8-12-4-2-3-5-12)25-10-15(23-11-25)18(19,20)21/h6-7,9-12,14H,2-5,8H2,1H3,(H,22,24,26). The van der Waals surface area contributed by atoms with E-state index in [1.165, 1.54) is 16.7 Å². The zero-order valence-corrected chi connectivity index (χ0v) is 16.5. The molecule has 0 radical (unpaired) electrons. The van der Waals surface area contributed by atoms with Gasteiger partial charge in [0, 0.05) is 18.6 Å². The Balaban J connectivity index is 1.81. The highest BCUT2D eigenvalue weighted by Crippen LogP contribution is 2.34. The molecule has 0 bridgehead atoms. The normalized spacial score (nSPS) is 16.7. The van der Waals surface area contributed by atoms with Crippen molar-refractivity contribution in [2.24, 2.45) is 5.92 Å². The van der Waals surface area contributed by atoms with Crippen molar-refractivity contribution in [1.82, 2.24) is 14.5 Å². The molecule has 2 heterocycles. The Kier molecular flexibility index (Phi) is 5.97. The van der Waals surface area contributed by atoms with Crippen LogP contribution in [0.25, 0.3) is 0 Å². The number of hydrogen-bond donors (Lipinski definition) is 1. The smallest absolute Gasteiger partial charge is 0.324 e. The van der Waals surface area contributed by atoms with E-state index < -0.39 is 33.7 Å². The number of pyridine rings is 1. The third-order valence-electron chi connectivity index (χ3n) is 5.00. The van der Waals surface area contributed by atoms with Gasteiger partial charge in [-0.05, 0) is 24.5 Å². The molecule has 1 N–H and O–H groups in total. The Hall–Kier alpha value is -2.43. The number of imidazole rings is 1. The Morgan fingerprint density at radius 3 is 2.48 bits per heavy atom. The van der Waals surface area contributed by atoms with E-state index in [0.717, 1.165) is 50.7 Å². The number of nitrogens with zero attached hydrogens (tertiary/aromatic N) is 3. The van der Waals surface area contributed by atoms with Crippen LogP contribution in [0.2, 0.25) is 0 Å². The van der Waals surface area contributed by atoms with Gasteiger partial charge in [0.25, 0.3) is 0 Å². The fourth-order valence-corrected chi connectivity index (χ4v) is 4.02. The summed E-state index contributed by atoms with van der Waals surface area (Å²) < 4.78 is 62.9. The van der Waals surface area contributed by atoms with Crippen molar-refractivity contribution in [2.45, 2.75) is 49.2 Å². The average molecular weight is 430 g/mol. The van der Waals surface area contributed by atoms with Gasteiger partial charge in [-0.25, -0.2) is 18.4 Å². The SMILES string of the molecule is CS(=O)(=O)c1ccc(NC(=O)C(CC2CCCC2)n2cnc(C(F)(F)F)c2)nc1. The number of anilines is 1. The Morgan fingerprint density at radius 1 is 1.28 bits per heavy atom. The van der Waals surface area contributed by atoms with Crippen molar-refractivity contribution >= 4 is 21.6 Å². The van der Waals surface area contributed by atoms with Gasteiger partial charge in [0.05, 0.1) is 11.2 Å². The van der Waals surface area contributed by atoms with Crippen LogP contribution in [0.1, 0.15) is 43.8 Å². The van der Waals surface area contributed by atoms with Crippen molar-refractivity contribution in [3.8, 4) is 0 Å². The van der Waals surface area contributed by atoms with Crippen LogP contribution >= 0.6 is 0 Å². The van der Waals surface area contributed by atoms with Crippen LogP contribution in [0.15, 0.2) is 35.7 Å². The van der Waals surface area contributed by atoms with E-state index in [0.29, 0.717) is 6.42 Å². The van der Waals surface area contributed by atoms with Gasteiger partial charge in [0.1, 0.15) is 11.9 Å². The molecule has 11 heteroatoms. The zero-order valence-electron chi connectivity index (χ0n) is 15.7. The van der Waals surface area contributed by atoms with Crippen LogP contribution in [-0.2, 0) is 20.8 Å². The lowest BCUT2D eigenvalue weighted by Gasteiger charge is -2.21. The Bertz CT molecular complexity index is 965. The second-order valence-corrected chi connectivity index (χ2v) is 9.26. The van der Waals surface area contributed by atoms with E-state index in [1.54, 1.807) is 0 Å². The molecule has 1 fully saturated rings. The van der Waals surface area contributed by atoms with Crippen LogP contribution < -0.4 is 5.32 Å². The summed E-state index contributed by atoms with van der Waals surface area (Å²) in [6, 6.07) is 1.77. The van der Waals surface area contributed by atoms with Crippen LogP contribution in [0, 0.1) is 5.92 Å². The topological polar surface area (TPSA) is 94.0 Å². The predicted octanol–water partition coefficient (Wildman–Crippen LogP) is 3.46. The van der Waals surface area contributed by atoms with Crippen molar-refractivity contribution in [3.05, 3.63) is 36.5 Å². The molecule has 1 amide bonds. The van der Waals surface area contributed by atoms with Gasteiger partial charge < -0.3 is 9.88 Å². The number of alkyl halides is 3. The van der Waals surface area contributed by atoms with E-state index in [2.05, 4.69) is 15.3 Å². The van der Waals surface area contributed by atoms with Crippen molar-refractivity contribution in [3.63, 3.8) is 0 Å². The fraction of sp³-hybridized carbons (Fsp3) is 0.500. The monoisotopic (exact) mass is 430 g/mol. The molecule has 2 aromatic rings. The molecule has 1 saturated carbocycles. The summed E-state index contributed by atoms with van der Waals surface area (Å²) in [6.45, 7) is 0. The van der Waals surface area contributed by atoms with Gasteiger partial charge in [0.15, 0.2) is 15.5 Å². The second-order valence-electron chi connectivity index (χ2n) is 7.25. The highest BCUT2D eigenvalue weighted by molar-refractivity contribution is 7.90. The minimum Gasteiger partial charge on any atom is -0.324 e. The first kappa shape index (κ1) is 21.3. The fourth-order valence-electron chi connectivity index (χ4n) is 3.46. The molecular formula is C18H21F3N4O3S.